The molecule has 0 aliphatic heterocycles. The van der Waals surface area contributed by atoms with Gasteiger partial charge in [0.2, 0.25) is 5.91 Å². The van der Waals surface area contributed by atoms with Crippen LogP contribution in [0.3, 0.4) is 0 Å². The molecule has 0 spiro atoms. The largest absolute Gasteiger partial charge is 0.372 e. The predicted molar refractivity (Wildman–Crippen MR) is 81.3 cm³/mol. The van der Waals surface area contributed by atoms with Gasteiger partial charge in [0, 0.05) is 23.9 Å². The van der Waals surface area contributed by atoms with Crippen molar-refractivity contribution in [3.63, 3.8) is 0 Å². The van der Waals surface area contributed by atoms with Gasteiger partial charge in [0.05, 0.1) is 12.2 Å². The molecule has 1 atom stereocenters. The molecule has 1 aromatic heterocycles. The lowest BCUT2D eigenvalue weighted by molar-refractivity contribution is -0.126. The van der Waals surface area contributed by atoms with Crippen LogP contribution in [0, 0.1) is 18.6 Å². The Hall–Kier alpha value is -2.28. The van der Waals surface area contributed by atoms with Crippen LogP contribution in [0.4, 0.5) is 8.78 Å². The summed E-state index contributed by atoms with van der Waals surface area (Å²) in [6, 6.07) is 3.00. The maximum atomic E-state index is 13.9. The second kappa shape index (κ2) is 7.32. The van der Waals surface area contributed by atoms with Crippen molar-refractivity contribution in [1.82, 2.24) is 15.1 Å². The number of benzene rings is 1. The van der Waals surface area contributed by atoms with Crippen molar-refractivity contribution in [3.8, 4) is 5.69 Å². The first kappa shape index (κ1) is 17.1. The summed E-state index contributed by atoms with van der Waals surface area (Å²) < 4.78 is 33.3. The van der Waals surface area contributed by atoms with E-state index in [9.17, 15) is 13.6 Å². The highest BCUT2D eigenvalue weighted by Crippen LogP contribution is 2.22. The van der Waals surface area contributed by atoms with Gasteiger partial charge < -0.3 is 10.1 Å². The quantitative estimate of drug-likeness (QED) is 0.889. The van der Waals surface area contributed by atoms with Gasteiger partial charge >= 0.3 is 0 Å². The molecule has 5 nitrogen and oxygen atoms in total. The molecule has 0 aliphatic rings. The van der Waals surface area contributed by atoms with Crippen LogP contribution < -0.4 is 5.32 Å². The maximum absolute atomic E-state index is 13.9. The molecule has 1 N–H and O–H groups in total. The highest BCUT2D eigenvalue weighted by molar-refractivity contribution is 5.77. The van der Waals surface area contributed by atoms with Crippen LogP contribution in [0.25, 0.3) is 5.69 Å². The van der Waals surface area contributed by atoms with Gasteiger partial charge in [-0.2, -0.15) is 5.10 Å². The molecule has 1 amide bonds. The van der Waals surface area contributed by atoms with Gasteiger partial charge in [-0.15, -0.1) is 0 Å². The molecule has 1 heterocycles. The van der Waals surface area contributed by atoms with Crippen LogP contribution in [-0.4, -0.2) is 28.9 Å². The third-order valence-corrected chi connectivity index (χ3v) is 3.47. The van der Waals surface area contributed by atoms with E-state index in [1.165, 1.54) is 16.8 Å². The SMILES string of the molecule is CCOCC(=O)N[C@H](C)c1cnn(-c2ccc(F)cc2F)c1C. The number of carbonyl (C=O) groups is 1. The number of amides is 1. The first-order chi connectivity index (χ1) is 10.9. The summed E-state index contributed by atoms with van der Waals surface area (Å²) in [6.45, 7) is 5.82. The van der Waals surface area contributed by atoms with E-state index >= 15 is 0 Å². The molecule has 0 radical (unpaired) electrons. The van der Waals surface area contributed by atoms with Crippen LogP contribution in [-0.2, 0) is 9.53 Å². The lowest BCUT2D eigenvalue weighted by Crippen LogP contribution is -2.30. The number of nitrogens with one attached hydrogen (secondary N) is 1. The summed E-state index contributed by atoms with van der Waals surface area (Å²) in [5.41, 5.74) is 1.57. The fraction of sp³-hybridized carbons (Fsp3) is 0.375. The summed E-state index contributed by atoms with van der Waals surface area (Å²) in [5, 5.41) is 6.93. The number of ether oxygens (including phenoxy) is 1. The molecule has 0 fully saturated rings. The summed E-state index contributed by atoms with van der Waals surface area (Å²) in [4.78, 5) is 11.7. The molecule has 2 rings (SSSR count). The first-order valence-electron chi connectivity index (χ1n) is 7.31. The van der Waals surface area contributed by atoms with Gasteiger partial charge in [0.25, 0.3) is 0 Å². The van der Waals surface area contributed by atoms with Gasteiger partial charge in [-0.3, -0.25) is 4.79 Å². The van der Waals surface area contributed by atoms with Crippen molar-refractivity contribution in [2.75, 3.05) is 13.2 Å². The van der Waals surface area contributed by atoms with E-state index in [0.717, 1.165) is 11.6 Å². The van der Waals surface area contributed by atoms with Crippen LogP contribution in [0.1, 0.15) is 31.1 Å². The Kier molecular flexibility index (Phi) is 5.44. The van der Waals surface area contributed by atoms with E-state index in [-0.39, 0.29) is 24.2 Å². The number of hydrogen-bond donors (Lipinski definition) is 1. The molecule has 124 valence electrons. The summed E-state index contributed by atoms with van der Waals surface area (Å²) >= 11 is 0. The molecule has 0 bridgehead atoms. The van der Waals surface area contributed by atoms with Crippen molar-refractivity contribution >= 4 is 5.91 Å². The lowest BCUT2D eigenvalue weighted by Gasteiger charge is -2.14. The Balaban J connectivity index is 2.20. The molecule has 23 heavy (non-hydrogen) atoms. The van der Waals surface area contributed by atoms with E-state index in [1.54, 1.807) is 20.0 Å². The predicted octanol–water partition coefficient (Wildman–Crippen LogP) is 2.67. The van der Waals surface area contributed by atoms with E-state index in [1.807, 2.05) is 6.92 Å². The number of hydrogen-bond acceptors (Lipinski definition) is 3. The first-order valence-corrected chi connectivity index (χ1v) is 7.31. The zero-order valence-corrected chi connectivity index (χ0v) is 13.3. The Labute approximate surface area is 133 Å². The lowest BCUT2D eigenvalue weighted by atomic mass is 10.1. The highest BCUT2D eigenvalue weighted by atomic mass is 19.1. The number of aromatic nitrogens is 2. The Morgan fingerprint density at radius 2 is 2.17 bits per heavy atom. The maximum Gasteiger partial charge on any atom is 0.246 e. The third-order valence-electron chi connectivity index (χ3n) is 3.47. The van der Waals surface area contributed by atoms with E-state index in [4.69, 9.17) is 4.74 Å². The van der Waals surface area contributed by atoms with Gasteiger partial charge in [0.15, 0.2) is 5.82 Å². The smallest absolute Gasteiger partial charge is 0.246 e. The average Bonchev–Trinajstić information content (AvgIpc) is 2.87. The standard InChI is InChI=1S/C16H19F2N3O2/c1-4-23-9-16(22)20-10(2)13-8-19-21(11(13)3)15-6-5-12(17)7-14(15)18/h5-8,10H,4,9H2,1-3H3,(H,20,22)/t10-/m1/s1. The topological polar surface area (TPSA) is 56.1 Å². The van der Waals surface area contributed by atoms with Crippen LogP contribution in [0.2, 0.25) is 0 Å². The van der Waals surface area contributed by atoms with Gasteiger partial charge in [-0.25, -0.2) is 13.5 Å². The Morgan fingerprint density at radius 1 is 1.43 bits per heavy atom. The molecule has 0 aliphatic carbocycles. The van der Waals surface area contributed by atoms with Gasteiger partial charge in [-0.05, 0) is 32.9 Å². The van der Waals surface area contributed by atoms with Crippen LogP contribution >= 0.6 is 0 Å². The molecule has 7 heteroatoms. The minimum atomic E-state index is -0.698. The monoisotopic (exact) mass is 323 g/mol. The van der Waals surface area contributed by atoms with E-state index < -0.39 is 11.6 Å². The Bertz CT molecular complexity index is 701. The van der Waals surface area contributed by atoms with Crippen molar-refractivity contribution in [2.24, 2.45) is 0 Å². The number of rotatable bonds is 6. The number of carbonyl (C=O) groups excluding carboxylic acids is 1. The molecular formula is C16H19F2N3O2. The van der Waals surface area contributed by atoms with Crippen molar-refractivity contribution in [1.29, 1.82) is 0 Å². The summed E-state index contributed by atoms with van der Waals surface area (Å²) in [7, 11) is 0. The van der Waals surface area contributed by atoms with E-state index in [0.29, 0.717) is 12.3 Å². The second-order valence-corrected chi connectivity index (χ2v) is 5.12. The van der Waals surface area contributed by atoms with Crippen molar-refractivity contribution < 1.29 is 18.3 Å². The molecule has 1 aromatic carbocycles. The second-order valence-electron chi connectivity index (χ2n) is 5.12. The highest BCUT2D eigenvalue weighted by Gasteiger charge is 2.18. The minimum Gasteiger partial charge on any atom is -0.372 e. The Morgan fingerprint density at radius 3 is 2.83 bits per heavy atom. The summed E-state index contributed by atoms with van der Waals surface area (Å²) in [5.74, 6) is -1.58. The minimum absolute atomic E-state index is 0.0133. The van der Waals surface area contributed by atoms with Crippen LogP contribution in [0.15, 0.2) is 24.4 Å². The zero-order chi connectivity index (χ0) is 17.0. The normalized spacial score (nSPS) is 12.2. The van der Waals surface area contributed by atoms with Crippen LogP contribution in [0.5, 0.6) is 0 Å². The fourth-order valence-corrected chi connectivity index (χ4v) is 2.30. The molecule has 2 aromatic rings. The summed E-state index contributed by atoms with van der Waals surface area (Å²) in [6.07, 6.45) is 1.56. The molecule has 0 unspecified atom stereocenters. The number of nitrogens with zero attached hydrogens (tertiary/aromatic N) is 2. The molecule has 0 saturated carbocycles. The van der Waals surface area contributed by atoms with Crippen molar-refractivity contribution in [3.05, 3.63) is 47.3 Å². The molecule has 0 saturated heterocycles. The van der Waals surface area contributed by atoms with Gasteiger partial charge in [-0.1, -0.05) is 0 Å². The van der Waals surface area contributed by atoms with Gasteiger partial charge in [0.1, 0.15) is 18.1 Å². The average molecular weight is 323 g/mol. The van der Waals surface area contributed by atoms with Crippen molar-refractivity contribution in [2.45, 2.75) is 26.8 Å². The fourth-order valence-electron chi connectivity index (χ4n) is 2.30. The van der Waals surface area contributed by atoms with E-state index in [2.05, 4.69) is 10.4 Å². The zero-order valence-electron chi connectivity index (χ0n) is 13.3. The molecular weight excluding hydrogens is 304 g/mol. The number of halogens is 2. The third kappa shape index (κ3) is 3.92.